The topological polar surface area (TPSA) is 43.7 Å². The van der Waals surface area contributed by atoms with Crippen molar-refractivity contribution in [1.29, 1.82) is 0 Å². The molecule has 4 aromatic rings. The highest BCUT2D eigenvalue weighted by Crippen LogP contribution is 2.46. The average Bonchev–Trinajstić information content (AvgIpc) is 3.23. The Morgan fingerprint density at radius 2 is 1.15 bits per heavy atom. The molecule has 1 aliphatic heterocycles. The highest BCUT2D eigenvalue weighted by molar-refractivity contribution is 5.40. The van der Waals surface area contributed by atoms with Crippen molar-refractivity contribution in [3.63, 3.8) is 0 Å². The lowest BCUT2D eigenvalue weighted by atomic mass is 9.77. The summed E-state index contributed by atoms with van der Waals surface area (Å²) < 4.78 is 0. The maximum atomic E-state index is 12.5. The van der Waals surface area contributed by atoms with Crippen LogP contribution in [0.1, 0.15) is 28.7 Å². The van der Waals surface area contributed by atoms with Gasteiger partial charge >= 0.3 is 0 Å². The lowest BCUT2D eigenvalue weighted by molar-refractivity contribution is -0.00804. The van der Waals surface area contributed by atoms with Crippen molar-refractivity contribution in [2.75, 3.05) is 6.54 Å². The van der Waals surface area contributed by atoms with E-state index < -0.39 is 11.2 Å². The van der Waals surface area contributed by atoms with Gasteiger partial charge in [-0.3, -0.25) is 4.90 Å². The Kier molecular flexibility index (Phi) is 5.86. The summed E-state index contributed by atoms with van der Waals surface area (Å²) in [5.74, 6) is 0. The van der Waals surface area contributed by atoms with Gasteiger partial charge in [-0.05, 0) is 22.3 Å². The van der Waals surface area contributed by atoms with Crippen molar-refractivity contribution in [2.24, 2.45) is 0 Å². The second-order valence-electron chi connectivity index (χ2n) is 9.01. The summed E-state index contributed by atoms with van der Waals surface area (Å²) in [4.78, 5) is 2.24. The Labute approximate surface area is 195 Å². The van der Waals surface area contributed by atoms with Crippen molar-refractivity contribution in [1.82, 2.24) is 4.90 Å². The lowest BCUT2D eigenvalue weighted by Crippen LogP contribution is -2.48. The number of nitrogens with zero attached hydrogens (tertiary/aromatic N) is 1. The summed E-state index contributed by atoms with van der Waals surface area (Å²) in [5, 5.41) is 24.4. The average molecular weight is 436 g/mol. The maximum absolute atomic E-state index is 12.5. The van der Waals surface area contributed by atoms with Gasteiger partial charge in [0, 0.05) is 19.5 Å². The van der Waals surface area contributed by atoms with Gasteiger partial charge < -0.3 is 10.2 Å². The molecule has 1 fully saturated rings. The number of β-amino-alcohol motifs (C(OH)–C–C–N with tert-alkyl or cyclic N) is 1. The first-order valence-electron chi connectivity index (χ1n) is 11.5. The molecule has 3 nitrogen and oxygen atoms in total. The highest BCUT2D eigenvalue weighted by Gasteiger charge is 2.53. The molecule has 1 aliphatic rings. The van der Waals surface area contributed by atoms with E-state index in [1.807, 2.05) is 109 Å². The molecule has 5 rings (SSSR count). The van der Waals surface area contributed by atoms with Crippen LogP contribution in [0.2, 0.25) is 0 Å². The Bertz CT molecular complexity index is 1130. The van der Waals surface area contributed by atoms with Gasteiger partial charge in [0.1, 0.15) is 11.2 Å². The van der Waals surface area contributed by atoms with Gasteiger partial charge in [-0.2, -0.15) is 0 Å². The molecular weight excluding hydrogens is 406 g/mol. The summed E-state index contributed by atoms with van der Waals surface area (Å²) in [5.41, 5.74) is 1.36. The van der Waals surface area contributed by atoms with E-state index in [-0.39, 0.29) is 6.04 Å². The minimum Gasteiger partial charge on any atom is -0.384 e. The number of rotatable bonds is 6. The van der Waals surface area contributed by atoms with E-state index >= 15 is 0 Å². The first-order chi connectivity index (χ1) is 16.1. The second kappa shape index (κ2) is 8.95. The summed E-state index contributed by atoms with van der Waals surface area (Å²) in [6.45, 7) is 1.08. The Morgan fingerprint density at radius 1 is 0.697 bits per heavy atom. The molecule has 1 heterocycles. The van der Waals surface area contributed by atoms with Crippen LogP contribution in [-0.2, 0) is 17.7 Å². The third-order valence-electron chi connectivity index (χ3n) is 6.89. The van der Waals surface area contributed by atoms with E-state index in [2.05, 4.69) is 17.0 Å². The molecule has 33 heavy (non-hydrogen) atoms. The molecule has 0 bridgehead atoms. The number of benzene rings is 4. The standard InChI is InChI=1S/C30H29NO2/c32-29(25-15-7-2-8-16-25)21-28(31(23-29)22-24-13-5-1-6-14-24)30(33,26-17-9-3-10-18-26)27-19-11-4-12-20-27/h1-20,28,32-33H,21-23H2/t28-,29-/m0/s1. The quantitative estimate of drug-likeness (QED) is 0.444. The Hall–Kier alpha value is -3.24. The predicted octanol–water partition coefficient (Wildman–Crippen LogP) is 5.08. The van der Waals surface area contributed by atoms with Crippen molar-refractivity contribution in [3.05, 3.63) is 144 Å². The largest absolute Gasteiger partial charge is 0.384 e. The number of hydrogen-bond acceptors (Lipinski definition) is 3. The van der Waals surface area contributed by atoms with Crippen molar-refractivity contribution in [3.8, 4) is 0 Å². The zero-order valence-electron chi connectivity index (χ0n) is 18.6. The van der Waals surface area contributed by atoms with Gasteiger partial charge in [0.15, 0.2) is 0 Å². The van der Waals surface area contributed by atoms with Crippen LogP contribution < -0.4 is 0 Å². The van der Waals surface area contributed by atoms with Crippen LogP contribution in [0.3, 0.4) is 0 Å². The third-order valence-corrected chi connectivity index (χ3v) is 6.89. The number of likely N-dealkylation sites (tertiary alicyclic amines) is 1. The monoisotopic (exact) mass is 435 g/mol. The molecule has 1 saturated heterocycles. The molecule has 0 aliphatic carbocycles. The van der Waals surface area contributed by atoms with Gasteiger partial charge in [0.05, 0.1) is 6.04 Å². The van der Waals surface area contributed by atoms with E-state index in [0.717, 1.165) is 22.3 Å². The fraction of sp³-hybridized carbons (Fsp3) is 0.200. The number of aliphatic hydroxyl groups is 2. The van der Waals surface area contributed by atoms with Crippen LogP contribution in [0.15, 0.2) is 121 Å². The van der Waals surface area contributed by atoms with E-state index in [4.69, 9.17) is 0 Å². The van der Waals surface area contributed by atoms with Crippen LogP contribution >= 0.6 is 0 Å². The zero-order valence-corrected chi connectivity index (χ0v) is 18.6. The van der Waals surface area contributed by atoms with Crippen LogP contribution in [0.4, 0.5) is 0 Å². The first-order valence-corrected chi connectivity index (χ1v) is 11.5. The molecule has 2 atom stereocenters. The summed E-state index contributed by atoms with van der Waals surface area (Å²) in [6.07, 6.45) is 0.421. The van der Waals surface area contributed by atoms with Crippen molar-refractivity contribution in [2.45, 2.75) is 30.2 Å². The van der Waals surface area contributed by atoms with E-state index in [0.29, 0.717) is 19.5 Å². The third kappa shape index (κ3) is 4.11. The Morgan fingerprint density at radius 3 is 1.67 bits per heavy atom. The molecule has 4 aromatic carbocycles. The van der Waals surface area contributed by atoms with Gasteiger partial charge in [-0.1, -0.05) is 121 Å². The van der Waals surface area contributed by atoms with E-state index in [1.54, 1.807) is 0 Å². The minimum absolute atomic E-state index is 0.326. The molecule has 0 radical (unpaired) electrons. The van der Waals surface area contributed by atoms with Crippen LogP contribution in [0.5, 0.6) is 0 Å². The smallest absolute Gasteiger partial charge is 0.130 e. The van der Waals surface area contributed by atoms with Gasteiger partial charge in [-0.25, -0.2) is 0 Å². The van der Waals surface area contributed by atoms with E-state index in [1.165, 1.54) is 0 Å². The van der Waals surface area contributed by atoms with Gasteiger partial charge in [0.25, 0.3) is 0 Å². The van der Waals surface area contributed by atoms with Crippen molar-refractivity contribution >= 4 is 0 Å². The minimum atomic E-state index is -1.28. The summed E-state index contributed by atoms with van der Waals surface area (Å²) in [6, 6.07) is 39.5. The van der Waals surface area contributed by atoms with Gasteiger partial charge in [-0.15, -0.1) is 0 Å². The summed E-state index contributed by atoms with van der Waals surface area (Å²) in [7, 11) is 0. The Balaban J connectivity index is 1.63. The SMILES string of the molecule is OC(c1ccccc1)(c1ccccc1)[C@@H]1C[C@@](O)(c2ccccc2)CN1Cc1ccccc1. The van der Waals surface area contributed by atoms with Crippen LogP contribution in [0, 0.1) is 0 Å². The molecule has 0 unspecified atom stereocenters. The maximum Gasteiger partial charge on any atom is 0.130 e. The molecule has 0 saturated carbocycles. The normalized spacial score (nSPS) is 21.2. The molecule has 0 amide bonds. The molecule has 0 spiro atoms. The van der Waals surface area contributed by atoms with Crippen LogP contribution in [0.25, 0.3) is 0 Å². The van der Waals surface area contributed by atoms with E-state index in [9.17, 15) is 10.2 Å². The summed E-state index contributed by atoms with van der Waals surface area (Å²) >= 11 is 0. The lowest BCUT2D eigenvalue weighted by Gasteiger charge is -2.40. The highest BCUT2D eigenvalue weighted by atomic mass is 16.3. The predicted molar refractivity (Wildman–Crippen MR) is 131 cm³/mol. The molecule has 0 aromatic heterocycles. The second-order valence-corrected chi connectivity index (χ2v) is 9.01. The zero-order chi connectivity index (χ0) is 22.7. The molecule has 3 heteroatoms. The molecule has 166 valence electrons. The van der Waals surface area contributed by atoms with Gasteiger partial charge in [0.2, 0.25) is 0 Å². The number of hydrogen-bond donors (Lipinski definition) is 2. The molecular formula is C30H29NO2. The van der Waals surface area contributed by atoms with Crippen molar-refractivity contribution < 1.29 is 10.2 Å². The first kappa shape index (κ1) is 21.6. The van der Waals surface area contributed by atoms with Crippen LogP contribution in [-0.4, -0.2) is 27.7 Å². The molecule has 2 N–H and O–H groups in total. The fourth-order valence-electron chi connectivity index (χ4n) is 5.25. The fourth-order valence-corrected chi connectivity index (χ4v) is 5.25.